The van der Waals surface area contributed by atoms with Crippen molar-refractivity contribution in [2.75, 3.05) is 0 Å². The van der Waals surface area contributed by atoms with Gasteiger partial charge in [-0.05, 0) is 35.9 Å². The minimum absolute atomic E-state index is 0.0985. The second-order valence-electron chi connectivity index (χ2n) is 3.85. The second-order valence-corrected chi connectivity index (χ2v) is 3.85. The number of rotatable bonds is 3. The van der Waals surface area contributed by atoms with Crippen LogP contribution in [0.5, 0.6) is 0 Å². The van der Waals surface area contributed by atoms with Crippen molar-refractivity contribution in [3.05, 3.63) is 77.6 Å². The highest BCUT2D eigenvalue weighted by atomic mass is 19.1. The van der Waals surface area contributed by atoms with Gasteiger partial charge in [0, 0.05) is 0 Å². The first kappa shape index (κ1) is 16.1. The van der Waals surface area contributed by atoms with Crippen LogP contribution in [0.15, 0.2) is 65.8 Å². The largest absolute Gasteiger partial charge is 0.478 e. The van der Waals surface area contributed by atoms with Crippen LogP contribution in [0.25, 0.3) is 6.08 Å². The molecule has 0 saturated heterocycles. The van der Waals surface area contributed by atoms with Gasteiger partial charge in [-0.2, -0.15) is 0 Å². The average Bonchev–Trinajstić information content (AvgIpc) is 2.50. The van der Waals surface area contributed by atoms with Crippen molar-refractivity contribution in [1.29, 1.82) is 0 Å². The first-order chi connectivity index (χ1) is 10.1. The van der Waals surface area contributed by atoms with Crippen molar-refractivity contribution in [3.8, 4) is 0 Å². The molecule has 2 rings (SSSR count). The summed E-state index contributed by atoms with van der Waals surface area (Å²) in [6, 6.07) is 14.5. The number of oxime groups is 1. The number of aromatic carboxylic acids is 1. The lowest BCUT2D eigenvalue weighted by Crippen LogP contribution is -1.94. The molecule has 0 saturated carbocycles. The number of benzene rings is 2. The van der Waals surface area contributed by atoms with Crippen molar-refractivity contribution in [2.24, 2.45) is 5.16 Å². The Morgan fingerprint density at radius 3 is 2.19 bits per heavy atom. The molecule has 0 unspecified atom stereocenters. The third-order valence-corrected chi connectivity index (χ3v) is 2.33. The van der Waals surface area contributed by atoms with E-state index in [-0.39, 0.29) is 5.56 Å². The number of carboxylic acids is 1. The van der Waals surface area contributed by atoms with Gasteiger partial charge in [-0.1, -0.05) is 41.6 Å². The van der Waals surface area contributed by atoms with E-state index in [0.29, 0.717) is 0 Å². The van der Waals surface area contributed by atoms with E-state index in [0.717, 1.165) is 17.7 Å². The normalized spacial score (nSPS) is 10.3. The van der Waals surface area contributed by atoms with Crippen molar-refractivity contribution >= 4 is 18.3 Å². The molecule has 5 heteroatoms. The zero-order chi connectivity index (χ0) is 15.5. The van der Waals surface area contributed by atoms with E-state index in [1.807, 2.05) is 36.4 Å². The van der Waals surface area contributed by atoms with E-state index >= 15 is 0 Å². The average molecular weight is 287 g/mol. The molecule has 21 heavy (non-hydrogen) atoms. The van der Waals surface area contributed by atoms with Crippen molar-refractivity contribution in [1.82, 2.24) is 0 Å². The lowest BCUT2D eigenvalue weighted by Gasteiger charge is -1.90. The number of nitrogens with zero attached hydrogens (tertiary/aromatic N) is 1. The lowest BCUT2D eigenvalue weighted by atomic mass is 10.2. The van der Waals surface area contributed by atoms with E-state index in [9.17, 15) is 9.18 Å². The highest BCUT2D eigenvalue weighted by Gasteiger charge is 1.99. The maximum Gasteiger partial charge on any atom is 0.335 e. The molecule has 0 radical (unpaired) electrons. The molecule has 0 heterocycles. The summed E-state index contributed by atoms with van der Waals surface area (Å²) in [5.41, 5.74) is 1.19. The number of halogens is 1. The van der Waals surface area contributed by atoms with Crippen LogP contribution < -0.4 is 0 Å². The van der Waals surface area contributed by atoms with Gasteiger partial charge in [0.1, 0.15) is 5.82 Å². The van der Waals surface area contributed by atoms with Crippen molar-refractivity contribution in [3.63, 3.8) is 0 Å². The van der Waals surface area contributed by atoms with Crippen LogP contribution in [-0.2, 0) is 0 Å². The maximum atomic E-state index is 12.2. The maximum absolute atomic E-state index is 12.2. The van der Waals surface area contributed by atoms with Gasteiger partial charge in [0.15, 0.2) is 0 Å². The Kier molecular flexibility index (Phi) is 6.93. The molecule has 108 valence electrons. The minimum atomic E-state index is -1.04. The Labute approximate surface area is 121 Å². The van der Waals surface area contributed by atoms with Crippen LogP contribution in [0.4, 0.5) is 4.39 Å². The molecule has 2 aromatic carbocycles. The monoisotopic (exact) mass is 287 g/mol. The summed E-state index contributed by atoms with van der Waals surface area (Å²) < 4.78 is 12.2. The molecule has 2 aromatic rings. The molecule has 0 fully saturated rings. The van der Waals surface area contributed by atoms with E-state index in [4.69, 9.17) is 10.3 Å². The minimum Gasteiger partial charge on any atom is -0.478 e. The summed E-state index contributed by atoms with van der Waals surface area (Å²) in [5, 5.41) is 19.3. The van der Waals surface area contributed by atoms with E-state index in [1.54, 1.807) is 6.08 Å². The topological polar surface area (TPSA) is 69.9 Å². The zero-order valence-electron chi connectivity index (χ0n) is 11.1. The van der Waals surface area contributed by atoms with E-state index < -0.39 is 11.8 Å². The van der Waals surface area contributed by atoms with E-state index in [2.05, 4.69) is 5.16 Å². The Balaban J connectivity index is 0.000000211. The summed E-state index contributed by atoms with van der Waals surface area (Å²) in [6.45, 7) is 0. The fraction of sp³-hybridized carbons (Fsp3) is 0. The van der Waals surface area contributed by atoms with Crippen LogP contribution in [0.1, 0.15) is 15.9 Å². The summed E-state index contributed by atoms with van der Waals surface area (Å²) in [7, 11) is 0. The molecule has 4 nitrogen and oxygen atoms in total. The summed E-state index contributed by atoms with van der Waals surface area (Å²) >= 11 is 0. The smallest absolute Gasteiger partial charge is 0.335 e. The number of carbonyl (C=O) groups is 1. The highest BCUT2D eigenvalue weighted by Crippen LogP contribution is 2.01. The highest BCUT2D eigenvalue weighted by molar-refractivity contribution is 5.87. The Morgan fingerprint density at radius 1 is 1.05 bits per heavy atom. The number of carboxylic acid groups (broad SMARTS) is 1. The summed E-state index contributed by atoms with van der Waals surface area (Å²) in [6.07, 6.45) is 4.86. The first-order valence-corrected chi connectivity index (χ1v) is 6.01. The fourth-order valence-corrected chi connectivity index (χ4v) is 1.35. The molecule has 0 aliphatic rings. The molecular weight excluding hydrogens is 273 g/mol. The molecule has 0 aliphatic heterocycles. The molecule has 0 atom stereocenters. The van der Waals surface area contributed by atoms with Gasteiger partial charge < -0.3 is 10.3 Å². The van der Waals surface area contributed by atoms with Gasteiger partial charge in [0.05, 0.1) is 11.8 Å². The Hall–Kier alpha value is -2.95. The molecule has 0 spiro atoms. The predicted molar refractivity (Wildman–Crippen MR) is 79.1 cm³/mol. The van der Waals surface area contributed by atoms with Crippen LogP contribution in [0, 0.1) is 5.82 Å². The molecule has 2 N–H and O–H groups in total. The third kappa shape index (κ3) is 6.68. The van der Waals surface area contributed by atoms with E-state index in [1.165, 1.54) is 18.3 Å². The number of hydrogen-bond acceptors (Lipinski definition) is 3. The van der Waals surface area contributed by atoms with Gasteiger partial charge in [-0.15, -0.1) is 0 Å². The molecule has 0 bridgehead atoms. The summed E-state index contributed by atoms with van der Waals surface area (Å²) in [5.74, 6) is -1.47. The second kappa shape index (κ2) is 9.03. The molecule has 0 amide bonds. The predicted octanol–water partition coefficient (Wildman–Crippen LogP) is 3.68. The first-order valence-electron chi connectivity index (χ1n) is 6.01. The van der Waals surface area contributed by atoms with Gasteiger partial charge >= 0.3 is 5.97 Å². The van der Waals surface area contributed by atoms with Gasteiger partial charge in [0.25, 0.3) is 0 Å². The molecule has 0 aromatic heterocycles. The van der Waals surface area contributed by atoms with Crippen LogP contribution in [-0.4, -0.2) is 22.5 Å². The Bertz CT molecular complexity index is 607. The lowest BCUT2D eigenvalue weighted by molar-refractivity contribution is 0.0697. The third-order valence-electron chi connectivity index (χ3n) is 2.33. The molecule has 0 aliphatic carbocycles. The fourth-order valence-electron chi connectivity index (χ4n) is 1.35. The van der Waals surface area contributed by atoms with Gasteiger partial charge in [-0.3, -0.25) is 0 Å². The number of allylic oxidation sites excluding steroid dienone is 1. The standard InChI is InChI=1S/C9H9NO.C7H5FO2/c11-10-8-4-7-9-5-2-1-3-6-9;8-6-3-1-5(2-4-6)7(9)10/h1-8,11H;1-4H,(H,9,10). The van der Waals surface area contributed by atoms with Gasteiger partial charge in [0.2, 0.25) is 0 Å². The van der Waals surface area contributed by atoms with Crippen molar-refractivity contribution in [2.45, 2.75) is 0 Å². The number of hydrogen-bond donors (Lipinski definition) is 2. The summed E-state index contributed by atoms with van der Waals surface area (Å²) in [4.78, 5) is 10.2. The zero-order valence-corrected chi connectivity index (χ0v) is 11.1. The molecular formula is C16H14FNO3. The van der Waals surface area contributed by atoms with Crippen LogP contribution in [0.2, 0.25) is 0 Å². The van der Waals surface area contributed by atoms with Gasteiger partial charge in [-0.25, -0.2) is 9.18 Å². The Morgan fingerprint density at radius 2 is 1.67 bits per heavy atom. The van der Waals surface area contributed by atoms with Crippen LogP contribution >= 0.6 is 0 Å². The van der Waals surface area contributed by atoms with Crippen molar-refractivity contribution < 1.29 is 19.5 Å². The van der Waals surface area contributed by atoms with Crippen LogP contribution in [0.3, 0.4) is 0 Å². The SMILES string of the molecule is O=C(O)c1ccc(F)cc1.ON=CC=Cc1ccccc1. The quantitative estimate of drug-likeness (QED) is 0.514.